The van der Waals surface area contributed by atoms with Crippen molar-refractivity contribution in [2.45, 2.75) is 50.9 Å². The van der Waals surface area contributed by atoms with Crippen molar-refractivity contribution in [1.29, 1.82) is 0 Å². The molecule has 0 aliphatic rings. The molecule has 2 rings (SSSR count). The fraction of sp³-hybridized carbons (Fsp3) is 0.455. The first-order valence-corrected chi connectivity index (χ1v) is 11.4. The topological polar surface area (TPSA) is 69.9 Å². The molecule has 5 heteroatoms. The van der Waals surface area contributed by atoms with E-state index in [2.05, 4.69) is 45.0 Å². The number of hydrogen-bond donors (Lipinski definition) is 3. The molecule has 0 bridgehead atoms. The van der Waals surface area contributed by atoms with E-state index in [1.54, 1.807) is 6.92 Å². The lowest BCUT2D eigenvalue weighted by Gasteiger charge is -2.45. The van der Waals surface area contributed by atoms with Gasteiger partial charge in [-0.25, -0.2) is 0 Å². The number of benzene rings is 2. The van der Waals surface area contributed by atoms with E-state index in [9.17, 15) is 15.3 Å². The van der Waals surface area contributed by atoms with Crippen molar-refractivity contribution < 1.29 is 19.7 Å². The van der Waals surface area contributed by atoms with Crippen molar-refractivity contribution in [1.82, 2.24) is 0 Å². The minimum Gasteiger partial charge on any atom is -0.404 e. The second-order valence-corrected chi connectivity index (χ2v) is 12.4. The molecule has 148 valence electrons. The minimum atomic E-state index is -2.79. The molecule has 27 heavy (non-hydrogen) atoms. The Morgan fingerprint density at radius 3 is 1.70 bits per heavy atom. The highest BCUT2D eigenvalue weighted by Gasteiger charge is 2.51. The molecule has 0 aromatic heterocycles. The average molecular weight is 389 g/mol. The Labute approximate surface area is 163 Å². The van der Waals surface area contributed by atoms with Crippen molar-refractivity contribution >= 4 is 18.7 Å². The number of aliphatic hydroxyl groups excluding tert-OH is 2. The Bertz CT molecular complexity index is 660. The maximum absolute atomic E-state index is 10.9. The van der Waals surface area contributed by atoms with Gasteiger partial charge in [0.1, 0.15) is 11.7 Å². The van der Waals surface area contributed by atoms with Gasteiger partial charge in [0, 0.05) is 0 Å². The molecule has 0 saturated heterocycles. The van der Waals surface area contributed by atoms with Crippen molar-refractivity contribution in [3.8, 4) is 0 Å². The predicted molar refractivity (Wildman–Crippen MR) is 112 cm³/mol. The third-order valence-corrected chi connectivity index (χ3v) is 10.3. The number of rotatable bonds is 8. The highest BCUT2D eigenvalue weighted by molar-refractivity contribution is 6.99. The van der Waals surface area contributed by atoms with Gasteiger partial charge in [0.15, 0.2) is 0 Å². The van der Waals surface area contributed by atoms with Crippen LogP contribution in [0.5, 0.6) is 0 Å². The predicted octanol–water partition coefficient (Wildman–Crippen LogP) is 2.06. The van der Waals surface area contributed by atoms with E-state index in [-0.39, 0.29) is 18.1 Å². The molecule has 0 heterocycles. The van der Waals surface area contributed by atoms with Crippen LogP contribution in [0.25, 0.3) is 0 Å². The zero-order valence-corrected chi connectivity index (χ0v) is 17.7. The zero-order valence-electron chi connectivity index (χ0n) is 16.7. The lowest BCUT2D eigenvalue weighted by Crippen LogP contribution is -2.68. The van der Waals surface area contributed by atoms with E-state index in [1.165, 1.54) is 0 Å². The summed E-state index contributed by atoms with van der Waals surface area (Å²) in [6, 6.07) is 20.3. The smallest absolute Gasteiger partial charge is 0.261 e. The Morgan fingerprint density at radius 2 is 1.37 bits per heavy atom. The molecule has 0 aliphatic heterocycles. The van der Waals surface area contributed by atoms with E-state index >= 15 is 0 Å². The first-order chi connectivity index (χ1) is 12.7. The Morgan fingerprint density at radius 1 is 0.926 bits per heavy atom. The van der Waals surface area contributed by atoms with Gasteiger partial charge in [0.05, 0.1) is 13.2 Å². The second kappa shape index (κ2) is 8.67. The summed E-state index contributed by atoms with van der Waals surface area (Å²) in [5, 5.41) is 32.4. The summed E-state index contributed by atoms with van der Waals surface area (Å²) >= 11 is 0. The molecule has 0 fully saturated rings. The average Bonchev–Trinajstić information content (AvgIpc) is 2.68. The summed E-state index contributed by atoms with van der Waals surface area (Å²) in [5.74, 6) is 0. The van der Waals surface area contributed by atoms with Crippen molar-refractivity contribution in [3.05, 3.63) is 60.7 Å². The Balaban J connectivity index is 2.59. The molecule has 0 radical (unpaired) electrons. The van der Waals surface area contributed by atoms with Gasteiger partial charge in [0.2, 0.25) is 0 Å². The molecule has 3 N–H and O–H groups in total. The molecule has 2 atom stereocenters. The van der Waals surface area contributed by atoms with E-state index in [0.717, 1.165) is 10.4 Å². The molecule has 2 aromatic rings. The van der Waals surface area contributed by atoms with Crippen molar-refractivity contribution in [3.63, 3.8) is 0 Å². The van der Waals surface area contributed by atoms with Gasteiger partial charge in [-0.1, -0.05) is 88.4 Å². The van der Waals surface area contributed by atoms with Crippen molar-refractivity contribution in [2.24, 2.45) is 0 Å². The van der Waals surface area contributed by atoms with Crippen LogP contribution in [0.4, 0.5) is 0 Å². The fourth-order valence-corrected chi connectivity index (χ4v) is 8.22. The first-order valence-electron chi connectivity index (χ1n) is 9.47. The highest BCUT2D eigenvalue weighted by Crippen LogP contribution is 2.37. The van der Waals surface area contributed by atoms with Gasteiger partial charge in [-0.05, 0) is 21.8 Å². The summed E-state index contributed by atoms with van der Waals surface area (Å²) in [5.41, 5.74) is -1.50. The lowest BCUT2D eigenvalue weighted by atomic mass is 9.95. The lowest BCUT2D eigenvalue weighted by molar-refractivity contribution is -0.118. The van der Waals surface area contributed by atoms with E-state index < -0.39 is 26.6 Å². The van der Waals surface area contributed by atoms with E-state index in [0.29, 0.717) is 0 Å². The summed E-state index contributed by atoms with van der Waals surface area (Å²) in [6.07, 6.45) is -0.965. The van der Waals surface area contributed by atoms with Gasteiger partial charge in [0.25, 0.3) is 8.32 Å². The molecule has 0 saturated carbocycles. The molecule has 4 nitrogen and oxygen atoms in total. The molecule has 0 spiro atoms. The van der Waals surface area contributed by atoms with Crippen LogP contribution in [-0.2, 0) is 4.43 Å². The molecule has 0 unspecified atom stereocenters. The monoisotopic (exact) mass is 388 g/mol. The van der Waals surface area contributed by atoms with E-state index in [1.807, 2.05) is 36.4 Å². The van der Waals surface area contributed by atoms with Gasteiger partial charge in [-0.3, -0.25) is 0 Å². The van der Waals surface area contributed by atoms with Crippen LogP contribution in [0.1, 0.15) is 34.1 Å². The highest BCUT2D eigenvalue weighted by atomic mass is 28.4. The number of hydrogen-bond acceptors (Lipinski definition) is 4. The third kappa shape index (κ3) is 4.33. The third-order valence-electron chi connectivity index (χ3n) is 5.36. The molecule has 0 amide bonds. The Hall–Kier alpha value is -1.50. The maximum Gasteiger partial charge on any atom is 0.261 e. The summed E-state index contributed by atoms with van der Waals surface area (Å²) < 4.78 is 6.66. The van der Waals surface area contributed by atoms with Crippen molar-refractivity contribution in [2.75, 3.05) is 13.2 Å². The molecule has 2 aromatic carbocycles. The maximum atomic E-state index is 10.9. The van der Waals surface area contributed by atoms with Crippen LogP contribution in [-0.4, -0.2) is 48.6 Å². The van der Waals surface area contributed by atoms with Crippen LogP contribution in [0.3, 0.4) is 0 Å². The van der Waals surface area contributed by atoms with Gasteiger partial charge in [-0.2, -0.15) is 0 Å². The second-order valence-electron chi connectivity index (χ2n) is 8.11. The normalized spacial score (nSPS) is 16.0. The van der Waals surface area contributed by atoms with Crippen LogP contribution >= 0.6 is 0 Å². The molecular weight excluding hydrogens is 356 g/mol. The van der Waals surface area contributed by atoms with Crippen LogP contribution in [0.2, 0.25) is 5.04 Å². The number of aliphatic hydroxyl groups is 3. The van der Waals surface area contributed by atoms with Crippen LogP contribution in [0, 0.1) is 0 Å². The molecular formula is C22H32O4Si. The summed E-state index contributed by atoms with van der Waals surface area (Å²) in [4.78, 5) is 0. The standard InChI is InChI=1S/C22H32O4Si/c1-5-22(25,20(24)16-23)17-26-27(21(2,3)4,18-12-8-6-9-13-18)19-14-10-7-11-15-19/h6-15,20,23-25H,5,16-17H2,1-4H3/t20-,22+/m0/s1. The fourth-order valence-electron chi connectivity index (χ4n) is 3.60. The van der Waals surface area contributed by atoms with Crippen LogP contribution in [0.15, 0.2) is 60.7 Å². The quantitative estimate of drug-likeness (QED) is 0.606. The largest absolute Gasteiger partial charge is 0.404 e. The summed E-state index contributed by atoms with van der Waals surface area (Å²) in [6.45, 7) is 7.71. The van der Waals surface area contributed by atoms with Gasteiger partial charge >= 0.3 is 0 Å². The van der Waals surface area contributed by atoms with Gasteiger partial charge < -0.3 is 19.7 Å². The van der Waals surface area contributed by atoms with E-state index in [4.69, 9.17) is 4.43 Å². The summed E-state index contributed by atoms with van der Waals surface area (Å²) in [7, 11) is -2.79. The SMILES string of the molecule is CC[C@@](O)(CO[Si](c1ccccc1)(c1ccccc1)C(C)(C)C)[C@@H](O)CO. The first kappa shape index (κ1) is 21.8. The Kier molecular flexibility index (Phi) is 7.00. The van der Waals surface area contributed by atoms with Gasteiger partial charge in [-0.15, -0.1) is 0 Å². The molecule has 0 aliphatic carbocycles. The minimum absolute atomic E-state index is 0.0431. The zero-order chi connectivity index (χ0) is 20.1. The van der Waals surface area contributed by atoms with Crippen LogP contribution < -0.4 is 10.4 Å².